The first-order chi connectivity index (χ1) is 12.4. The van der Waals surface area contributed by atoms with E-state index in [9.17, 15) is 4.79 Å². The van der Waals surface area contributed by atoms with Gasteiger partial charge in [0.15, 0.2) is 0 Å². The minimum atomic E-state index is 0.104. The van der Waals surface area contributed by atoms with E-state index in [1.165, 1.54) is 28.2 Å². The molecule has 26 heavy (non-hydrogen) atoms. The standard InChI is InChI=1S/C20H22ClN3OS/c1-13-4-5-14(2)15(10-13)23-6-8-24(9-7-23)20(25)17-11-18-16(22(17)3)12-19(21)26-18/h4-5,10-12H,6-9H2,1-3H3. The third-order valence-corrected chi connectivity index (χ3v) is 6.39. The molecule has 3 aromatic rings. The second-order valence-corrected chi connectivity index (χ2v) is 8.67. The molecule has 0 spiro atoms. The number of thiophene rings is 1. The van der Waals surface area contributed by atoms with E-state index in [-0.39, 0.29) is 5.91 Å². The summed E-state index contributed by atoms with van der Waals surface area (Å²) in [5.41, 5.74) is 5.60. The number of nitrogens with zero attached hydrogens (tertiary/aromatic N) is 3. The zero-order valence-corrected chi connectivity index (χ0v) is 16.8. The monoisotopic (exact) mass is 387 g/mol. The van der Waals surface area contributed by atoms with Gasteiger partial charge in [0.05, 0.1) is 14.6 Å². The summed E-state index contributed by atoms with van der Waals surface area (Å²) in [5.74, 6) is 0.104. The van der Waals surface area contributed by atoms with E-state index in [1.54, 1.807) is 0 Å². The summed E-state index contributed by atoms with van der Waals surface area (Å²) in [4.78, 5) is 17.3. The molecule has 0 saturated carbocycles. The molecule has 1 aliphatic rings. The fraction of sp³-hybridized carbons (Fsp3) is 0.350. The first-order valence-electron chi connectivity index (χ1n) is 8.80. The van der Waals surface area contributed by atoms with Crippen LogP contribution in [-0.2, 0) is 7.05 Å². The number of aryl methyl sites for hydroxylation is 3. The fourth-order valence-corrected chi connectivity index (χ4v) is 4.86. The Labute approximate surface area is 162 Å². The molecule has 0 aliphatic carbocycles. The number of halogens is 1. The molecule has 3 heterocycles. The van der Waals surface area contributed by atoms with Gasteiger partial charge in [0.1, 0.15) is 5.69 Å². The third kappa shape index (κ3) is 2.99. The molecular weight excluding hydrogens is 366 g/mol. The Morgan fingerprint density at radius 2 is 1.81 bits per heavy atom. The molecule has 1 saturated heterocycles. The molecule has 0 bridgehead atoms. The summed E-state index contributed by atoms with van der Waals surface area (Å²) in [6, 6.07) is 10.4. The third-order valence-electron chi connectivity index (χ3n) is 5.19. The topological polar surface area (TPSA) is 28.5 Å². The minimum Gasteiger partial charge on any atom is -0.368 e. The number of fused-ring (bicyclic) bond motifs is 1. The zero-order chi connectivity index (χ0) is 18.4. The van der Waals surface area contributed by atoms with Gasteiger partial charge in [0, 0.05) is 38.9 Å². The molecule has 1 fully saturated rings. The van der Waals surface area contributed by atoms with Crippen LogP contribution in [0, 0.1) is 13.8 Å². The van der Waals surface area contributed by atoms with E-state index in [0.29, 0.717) is 0 Å². The van der Waals surface area contributed by atoms with Gasteiger partial charge >= 0.3 is 0 Å². The summed E-state index contributed by atoms with van der Waals surface area (Å²) >= 11 is 7.60. The van der Waals surface area contributed by atoms with E-state index in [2.05, 4.69) is 36.9 Å². The van der Waals surface area contributed by atoms with E-state index >= 15 is 0 Å². The van der Waals surface area contributed by atoms with Crippen LogP contribution >= 0.6 is 22.9 Å². The van der Waals surface area contributed by atoms with Crippen molar-refractivity contribution in [2.24, 2.45) is 7.05 Å². The van der Waals surface area contributed by atoms with Crippen LogP contribution in [0.5, 0.6) is 0 Å². The van der Waals surface area contributed by atoms with E-state index in [4.69, 9.17) is 11.6 Å². The van der Waals surface area contributed by atoms with E-state index in [0.717, 1.165) is 46.4 Å². The van der Waals surface area contributed by atoms with Crippen LogP contribution in [0.4, 0.5) is 5.69 Å². The molecule has 1 amide bonds. The normalized spacial score (nSPS) is 15.1. The van der Waals surface area contributed by atoms with Gasteiger partial charge in [-0.1, -0.05) is 23.7 Å². The molecule has 0 unspecified atom stereocenters. The van der Waals surface area contributed by atoms with Crippen molar-refractivity contribution in [1.29, 1.82) is 0 Å². The van der Waals surface area contributed by atoms with Crippen LogP contribution in [0.3, 0.4) is 0 Å². The van der Waals surface area contributed by atoms with Crippen molar-refractivity contribution in [2.45, 2.75) is 13.8 Å². The van der Waals surface area contributed by atoms with Crippen molar-refractivity contribution in [3.8, 4) is 0 Å². The maximum absolute atomic E-state index is 13.0. The Morgan fingerprint density at radius 1 is 1.08 bits per heavy atom. The molecule has 1 aromatic carbocycles. The lowest BCUT2D eigenvalue weighted by Gasteiger charge is -2.37. The van der Waals surface area contributed by atoms with Crippen molar-refractivity contribution < 1.29 is 4.79 Å². The maximum atomic E-state index is 13.0. The number of hydrogen-bond donors (Lipinski definition) is 0. The zero-order valence-electron chi connectivity index (χ0n) is 15.3. The highest BCUT2D eigenvalue weighted by Gasteiger charge is 2.25. The largest absolute Gasteiger partial charge is 0.368 e. The van der Waals surface area contributed by atoms with Crippen molar-refractivity contribution >= 4 is 44.7 Å². The van der Waals surface area contributed by atoms with Crippen LogP contribution in [-0.4, -0.2) is 41.6 Å². The van der Waals surface area contributed by atoms with Crippen LogP contribution in [0.25, 0.3) is 10.2 Å². The van der Waals surface area contributed by atoms with Crippen molar-refractivity contribution in [1.82, 2.24) is 9.47 Å². The molecule has 1 aliphatic heterocycles. The van der Waals surface area contributed by atoms with E-state index in [1.807, 2.05) is 28.6 Å². The Hall–Kier alpha value is -1.98. The molecule has 4 rings (SSSR count). The molecule has 6 heteroatoms. The van der Waals surface area contributed by atoms with Crippen molar-refractivity contribution in [3.63, 3.8) is 0 Å². The molecule has 2 aromatic heterocycles. The van der Waals surface area contributed by atoms with Crippen molar-refractivity contribution in [2.75, 3.05) is 31.1 Å². The summed E-state index contributed by atoms with van der Waals surface area (Å²) < 4.78 is 3.78. The van der Waals surface area contributed by atoms with Gasteiger partial charge in [-0.2, -0.15) is 0 Å². The summed E-state index contributed by atoms with van der Waals surface area (Å²) in [7, 11) is 1.94. The number of rotatable bonds is 2. The number of carbonyl (C=O) groups excluding carboxylic acids is 1. The van der Waals surface area contributed by atoms with Crippen LogP contribution in [0.15, 0.2) is 30.3 Å². The smallest absolute Gasteiger partial charge is 0.270 e. The number of hydrogen-bond acceptors (Lipinski definition) is 3. The maximum Gasteiger partial charge on any atom is 0.270 e. The van der Waals surface area contributed by atoms with Crippen LogP contribution < -0.4 is 4.90 Å². The highest BCUT2D eigenvalue weighted by Crippen LogP contribution is 2.32. The van der Waals surface area contributed by atoms with E-state index < -0.39 is 0 Å². The highest BCUT2D eigenvalue weighted by molar-refractivity contribution is 7.22. The van der Waals surface area contributed by atoms with Gasteiger partial charge in [-0.05, 0) is 43.2 Å². The second kappa shape index (κ2) is 6.63. The summed E-state index contributed by atoms with van der Waals surface area (Å²) in [6.45, 7) is 7.48. The van der Waals surface area contributed by atoms with Crippen LogP contribution in [0.1, 0.15) is 21.6 Å². The molecular formula is C20H22ClN3OS. The van der Waals surface area contributed by atoms with Gasteiger partial charge < -0.3 is 14.4 Å². The predicted octanol–water partition coefficient (Wildman–Crippen LogP) is 4.47. The second-order valence-electron chi connectivity index (χ2n) is 6.96. The molecule has 0 radical (unpaired) electrons. The summed E-state index contributed by atoms with van der Waals surface area (Å²) in [6.07, 6.45) is 0. The highest BCUT2D eigenvalue weighted by atomic mass is 35.5. The molecule has 0 atom stereocenters. The number of benzene rings is 1. The Kier molecular flexibility index (Phi) is 4.45. The van der Waals surface area contributed by atoms with Crippen LogP contribution in [0.2, 0.25) is 4.34 Å². The lowest BCUT2D eigenvalue weighted by molar-refractivity contribution is 0.0737. The SMILES string of the molecule is Cc1ccc(C)c(N2CCN(C(=O)c3cc4sc(Cl)cc4n3C)CC2)c1. The average Bonchev–Trinajstić information content (AvgIpc) is 3.14. The number of carbonyl (C=O) groups is 1. The van der Waals surface area contributed by atoms with Gasteiger partial charge in [-0.3, -0.25) is 4.79 Å². The Balaban J connectivity index is 1.50. The first-order valence-corrected chi connectivity index (χ1v) is 10.00. The lowest BCUT2D eigenvalue weighted by atomic mass is 10.1. The number of piperazine rings is 1. The minimum absolute atomic E-state index is 0.104. The average molecular weight is 388 g/mol. The summed E-state index contributed by atoms with van der Waals surface area (Å²) in [5, 5.41) is 0. The van der Waals surface area contributed by atoms with Gasteiger partial charge in [-0.25, -0.2) is 0 Å². The fourth-order valence-electron chi connectivity index (χ4n) is 3.66. The van der Waals surface area contributed by atoms with Gasteiger partial charge in [0.2, 0.25) is 0 Å². The predicted molar refractivity (Wildman–Crippen MR) is 110 cm³/mol. The first kappa shape index (κ1) is 17.4. The molecule has 0 N–H and O–H groups in total. The number of aromatic nitrogens is 1. The molecule has 136 valence electrons. The van der Waals surface area contributed by atoms with Gasteiger partial charge in [0.25, 0.3) is 5.91 Å². The Morgan fingerprint density at radius 3 is 2.50 bits per heavy atom. The Bertz CT molecular complexity index is 983. The van der Waals surface area contributed by atoms with Gasteiger partial charge in [-0.15, -0.1) is 11.3 Å². The van der Waals surface area contributed by atoms with Crippen molar-refractivity contribution in [3.05, 3.63) is 51.5 Å². The lowest BCUT2D eigenvalue weighted by Crippen LogP contribution is -2.49. The molecule has 4 nitrogen and oxygen atoms in total. The quantitative estimate of drug-likeness (QED) is 0.648. The number of amides is 1. The number of anilines is 1.